The third-order valence-corrected chi connectivity index (χ3v) is 7.32. The first-order valence-electron chi connectivity index (χ1n) is 11.4. The van der Waals surface area contributed by atoms with Gasteiger partial charge in [-0.15, -0.1) is 0 Å². The van der Waals surface area contributed by atoms with Gasteiger partial charge in [0.1, 0.15) is 22.8 Å². The largest absolute Gasteiger partial charge is 0.506 e. The molecule has 0 aliphatic rings. The molecule has 4 rings (SSSR count). The number of carbonyl (C=O) groups excluding carboxylic acids is 2. The van der Waals surface area contributed by atoms with Crippen molar-refractivity contribution in [3.05, 3.63) is 90.3 Å². The number of aryl methyl sites for hydroxylation is 1. The van der Waals surface area contributed by atoms with Crippen LogP contribution in [-0.4, -0.2) is 16.9 Å². The lowest BCUT2D eigenvalue weighted by Crippen LogP contribution is -2.11. The molecule has 1 heterocycles. The highest BCUT2D eigenvalue weighted by Crippen LogP contribution is 2.34. The minimum Gasteiger partial charge on any atom is -0.506 e. The normalized spacial score (nSPS) is 11.1. The number of phenolic OH excluding ortho intramolecular Hbond substituents is 1. The number of fused-ring (bicyclic) bond motifs is 1. The zero-order valence-electron chi connectivity index (χ0n) is 19.1. The molecule has 1 aromatic heterocycles. The van der Waals surface area contributed by atoms with E-state index in [0.29, 0.717) is 47.2 Å². The second kappa shape index (κ2) is 11.6. The minimum absolute atomic E-state index is 0.153. The van der Waals surface area contributed by atoms with E-state index < -0.39 is 0 Å². The van der Waals surface area contributed by atoms with E-state index in [2.05, 4.69) is 6.92 Å². The van der Waals surface area contributed by atoms with Crippen LogP contribution >= 0.6 is 45.2 Å². The Balaban J connectivity index is 1.67. The first-order chi connectivity index (χ1) is 16.9. The van der Waals surface area contributed by atoms with Crippen molar-refractivity contribution in [2.24, 2.45) is 0 Å². The Morgan fingerprint density at radius 1 is 0.971 bits per heavy atom. The van der Waals surface area contributed by atoms with Gasteiger partial charge in [-0.1, -0.05) is 50.1 Å². The molecule has 0 aliphatic carbocycles. The highest BCUT2D eigenvalue weighted by Gasteiger charge is 2.24. The van der Waals surface area contributed by atoms with E-state index in [-0.39, 0.29) is 23.9 Å². The lowest BCUT2D eigenvalue weighted by molar-refractivity contribution is -0.133. The zero-order valence-corrected chi connectivity index (χ0v) is 23.5. The SMILES string of the molecule is CCCCCc1oc2cc(OC(=O)Cc3ccccc3)ccc2c1C(=O)c1cc(I)c(O)c(I)c1. The molecular weight excluding hydrogens is 670 g/mol. The number of ether oxygens (including phenoxy) is 1. The summed E-state index contributed by atoms with van der Waals surface area (Å²) < 4.78 is 12.9. The van der Waals surface area contributed by atoms with E-state index in [1.165, 1.54) is 0 Å². The Morgan fingerprint density at radius 3 is 2.37 bits per heavy atom. The molecule has 180 valence electrons. The van der Waals surface area contributed by atoms with E-state index in [9.17, 15) is 14.7 Å². The average molecular weight is 694 g/mol. The highest BCUT2D eigenvalue weighted by molar-refractivity contribution is 14.1. The van der Waals surface area contributed by atoms with Crippen LogP contribution in [0.3, 0.4) is 0 Å². The van der Waals surface area contributed by atoms with Crippen LogP contribution in [0.25, 0.3) is 11.0 Å². The van der Waals surface area contributed by atoms with Gasteiger partial charge >= 0.3 is 5.97 Å². The highest BCUT2D eigenvalue weighted by atomic mass is 127. The molecule has 7 heteroatoms. The Hall–Kier alpha value is -2.40. The third-order valence-electron chi connectivity index (χ3n) is 5.67. The third kappa shape index (κ3) is 6.06. The second-order valence-corrected chi connectivity index (χ2v) is 10.6. The van der Waals surface area contributed by atoms with Gasteiger partial charge in [0.2, 0.25) is 0 Å². The molecule has 3 aromatic carbocycles. The molecule has 1 N–H and O–H groups in total. The van der Waals surface area contributed by atoms with Crippen LogP contribution in [0.4, 0.5) is 0 Å². The molecule has 0 unspecified atom stereocenters. The Labute approximate surface area is 231 Å². The summed E-state index contributed by atoms with van der Waals surface area (Å²) in [7, 11) is 0. The minimum atomic E-state index is -0.366. The monoisotopic (exact) mass is 694 g/mol. The molecule has 0 saturated heterocycles. The van der Waals surface area contributed by atoms with Crippen LogP contribution in [-0.2, 0) is 17.6 Å². The van der Waals surface area contributed by atoms with Crippen molar-refractivity contribution in [1.29, 1.82) is 0 Å². The Bertz CT molecular complexity index is 1350. The quantitative estimate of drug-likeness (QED) is 0.0648. The number of furan rings is 1. The summed E-state index contributed by atoms with van der Waals surface area (Å²) in [6, 6.07) is 17.9. The fourth-order valence-electron chi connectivity index (χ4n) is 3.92. The number of hydrogen-bond acceptors (Lipinski definition) is 5. The standard InChI is InChI=1S/C28H24I2O5/c1-2-3-5-10-23-26(27(32)18-14-21(29)28(33)22(30)15-18)20-12-11-19(16-24(20)35-23)34-25(31)13-17-8-6-4-7-9-17/h4,6-9,11-12,14-16,33H,2-3,5,10,13H2,1H3. The molecule has 35 heavy (non-hydrogen) atoms. The molecule has 0 aliphatic heterocycles. The zero-order chi connectivity index (χ0) is 24.9. The van der Waals surface area contributed by atoms with Crippen LogP contribution in [0.5, 0.6) is 11.5 Å². The van der Waals surface area contributed by atoms with Crippen LogP contribution < -0.4 is 4.74 Å². The molecule has 0 radical (unpaired) electrons. The predicted octanol–water partition coefficient (Wildman–Crippen LogP) is 7.46. The van der Waals surface area contributed by atoms with Crippen LogP contribution in [0.2, 0.25) is 0 Å². The first-order valence-corrected chi connectivity index (χ1v) is 13.6. The topological polar surface area (TPSA) is 76.7 Å². The van der Waals surface area contributed by atoms with Gasteiger partial charge in [-0.25, -0.2) is 0 Å². The molecule has 0 bridgehead atoms. The smallest absolute Gasteiger partial charge is 0.315 e. The second-order valence-electron chi connectivity index (χ2n) is 8.27. The maximum Gasteiger partial charge on any atom is 0.315 e. The summed E-state index contributed by atoms with van der Waals surface area (Å²) in [6.07, 6.45) is 3.79. The fraction of sp³-hybridized carbons (Fsp3) is 0.214. The van der Waals surface area contributed by atoms with Crippen molar-refractivity contribution in [3.63, 3.8) is 0 Å². The van der Waals surface area contributed by atoms with Crippen molar-refractivity contribution in [2.45, 2.75) is 39.0 Å². The maximum atomic E-state index is 13.6. The van der Waals surface area contributed by atoms with Crippen LogP contribution in [0.1, 0.15) is 53.4 Å². The van der Waals surface area contributed by atoms with Crippen molar-refractivity contribution in [1.82, 2.24) is 0 Å². The number of rotatable bonds is 9. The summed E-state index contributed by atoms with van der Waals surface area (Å²) in [5, 5.41) is 10.8. The number of unbranched alkanes of at least 4 members (excludes halogenated alkanes) is 2. The Morgan fingerprint density at radius 2 is 1.69 bits per heavy atom. The molecule has 5 nitrogen and oxygen atoms in total. The van der Waals surface area contributed by atoms with Gasteiger partial charge in [0.05, 0.1) is 19.1 Å². The summed E-state index contributed by atoms with van der Waals surface area (Å²) in [6.45, 7) is 2.13. The van der Waals surface area contributed by atoms with Gasteiger partial charge in [-0.05, 0) is 81.4 Å². The van der Waals surface area contributed by atoms with Crippen LogP contribution in [0.15, 0.2) is 65.1 Å². The number of esters is 1. The van der Waals surface area contributed by atoms with Crippen molar-refractivity contribution >= 4 is 67.9 Å². The van der Waals surface area contributed by atoms with E-state index in [4.69, 9.17) is 9.15 Å². The molecule has 0 atom stereocenters. The lowest BCUT2D eigenvalue weighted by atomic mass is 9.98. The average Bonchev–Trinajstić information content (AvgIpc) is 3.19. The number of carbonyl (C=O) groups is 2. The number of benzene rings is 3. The molecule has 0 amide bonds. The molecule has 0 spiro atoms. The fourth-order valence-corrected chi connectivity index (χ4v) is 5.69. The number of aromatic hydroxyl groups is 1. The van der Waals surface area contributed by atoms with Crippen molar-refractivity contribution < 1.29 is 23.8 Å². The van der Waals surface area contributed by atoms with Crippen molar-refractivity contribution in [3.8, 4) is 11.5 Å². The number of ketones is 1. The van der Waals surface area contributed by atoms with Gasteiger partial charge in [0, 0.05) is 23.4 Å². The number of hydrogen-bond donors (Lipinski definition) is 1. The van der Waals surface area contributed by atoms with Gasteiger partial charge in [-0.2, -0.15) is 0 Å². The predicted molar refractivity (Wildman–Crippen MR) is 152 cm³/mol. The van der Waals surface area contributed by atoms with Crippen molar-refractivity contribution in [2.75, 3.05) is 0 Å². The van der Waals surface area contributed by atoms with Gasteiger partial charge in [0.15, 0.2) is 5.78 Å². The van der Waals surface area contributed by atoms with Crippen LogP contribution in [0, 0.1) is 7.14 Å². The first kappa shape index (κ1) is 25.7. The molecule has 0 saturated carbocycles. The van der Waals surface area contributed by atoms with E-state index >= 15 is 0 Å². The molecule has 0 fully saturated rings. The van der Waals surface area contributed by atoms with Gasteiger partial charge in [0.25, 0.3) is 0 Å². The number of halogens is 2. The molecule has 4 aromatic rings. The Kier molecular flexibility index (Phi) is 8.48. The summed E-state index contributed by atoms with van der Waals surface area (Å²) in [4.78, 5) is 26.0. The lowest BCUT2D eigenvalue weighted by Gasteiger charge is -2.07. The van der Waals surface area contributed by atoms with E-state index in [1.54, 1.807) is 30.3 Å². The van der Waals surface area contributed by atoms with Gasteiger partial charge in [-0.3, -0.25) is 9.59 Å². The summed E-state index contributed by atoms with van der Waals surface area (Å²) >= 11 is 4.05. The van der Waals surface area contributed by atoms with Gasteiger partial charge < -0.3 is 14.3 Å². The maximum absolute atomic E-state index is 13.6. The summed E-state index contributed by atoms with van der Waals surface area (Å²) in [5.41, 5.74) is 2.40. The summed E-state index contributed by atoms with van der Waals surface area (Å²) in [5.74, 6) is 0.656. The molecular formula is C28H24I2O5. The number of phenols is 1. The van der Waals surface area contributed by atoms with E-state index in [0.717, 1.165) is 24.8 Å². The van der Waals surface area contributed by atoms with E-state index in [1.807, 2.05) is 75.5 Å².